The van der Waals surface area contributed by atoms with Crippen LogP contribution in [0.5, 0.6) is 0 Å². The molecule has 0 atom stereocenters. The zero-order chi connectivity index (χ0) is 29.2. The van der Waals surface area contributed by atoms with Crippen LogP contribution in [0.3, 0.4) is 0 Å². The van der Waals surface area contributed by atoms with E-state index in [-0.39, 0.29) is 33.8 Å². The summed E-state index contributed by atoms with van der Waals surface area (Å²) in [4.78, 5) is 25.4. The SMILES string of the molecule is CN(CCCC(=O)NCCc1ccc(C2=NCCN2)cc1)S(=O)(=O)c1cccc(Cl)c1Cl.O=C(O)C(F)(F)F. The number of benzene rings is 2. The number of carboxylic acids is 1. The van der Waals surface area contributed by atoms with Crippen LogP contribution < -0.4 is 10.6 Å². The maximum atomic E-state index is 12.7. The molecule has 15 heteroatoms. The maximum Gasteiger partial charge on any atom is 0.490 e. The van der Waals surface area contributed by atoms with Crippen LogP contribution in [0, 0.1) is 0 Å². The van der Waals surface area contributed by atoms with Crippen molar-refractivity contribution >= 4 is 50.9 Å². The van der Waals surface area contributed by atoms with Crippen LogP contribution >= 0.6 is 23.2 Å². The number of nitrogens with one attached hydrogen (secondary N) is 2. The number of amidine groups is 1. The summed E-state index contributed by atoms with van der Waals surface area (Å²) >= 11 is 12.0. The molecule has 2 aromatic carbocycles. The number of carbonyl (C=O) groups is 2. The molecule has 0 aliphatic carbocycles. The average Bonchev–Trinajstić information content (AvgIpc) is 3.41. The fourth-order valence-electron chi connectivity index (χ4n) is 3.29. The number of rotatable bonds is 10. The third-order valence-electron chi connectivity index (χ3n) is 5.36. The van der Waals surface area contributed by atoms with Gasteiger partial charge in [-0.25, -0.2) is 17.5 Å². The third kappa shape index (κ3) is 9.99. The van der Waals surface area contributed by atoms with Gasteiger partial charge in [0.15, 0.2) is 0 Å². The Morgan fingerprint density at radius 2 is 1.79 bits per heavy atom. The van der Waals surface area contributed by atoms with E-state index in [1.165, 1.54) is 29.6 Å². The Kier molecular flexibility index (Phi) is 12.0. The van der Waals surface area contributed by atoms with Crippen molar-refractivity contribution in [2.45, 2.75) is 30.3 Å². The monoisotopic (exact) mass is 610 g/mol. The molecule has 3 rings (SSSR count). The van der Waals surface area contributed by atoms with Crippen LogP contribution in [-0.2, 0) is 26.0 Å². The van der Waals surface area contributed by atoms with E-state index in [9.17, 15) is 26.4 Å². The number of amides is 1. The summed E-state index contributed by atoms with van der Waals surface area (Å²) in [6, 6.07) is 12.6. The number of halogens is 5. The Morgan fingerprint density at radius 3 is 2.36 bits per heavy atom. The Balaban J connectivity index is 0.000000673. The second-order valence-corrected chi connectivity index (χ2v) is 11.0. The highest BCUT2D eigenvalue weighted by atomic mass is 35.5. The third-order valence-corrected chi connectivity index (χ3v) is 8.19. The lowest BCUT2D eigenvalue weighted by atomic mass is 10.1. The number of sulfonamides is 1. The predicted octanol–water partition coefficient (Wildman–Crippen LogP) is 3.74. The lowest BCUT2D eigenvalue weighted by molar-refractivity contribution is -0.192. The van der Waals surface area contributed by atoms with Gasteiger partial charge in [0.25, 0.3) is 0 Å². The maximum absolute atomic E-state index is 12.7. The van der Waals surface area contributed by atoms with E-state index in [1.54, 1.807) is 0 Å². The van der Waals surface area contributed by atoms with Gasteiger partial charge in [0.2, 0.25) is 15.9 Å². The number of carboxylic acid groups (broad SMARTS) is 1. The fourth-order valence-corrected chi connectivity index (χ4v) is 5.23. The van der Waals surface area contributed by atoms with Gasteiger partial charge in [0.1, 0.15) is 10.7 Å². The Bertz CT molecular complexity index is 1290. The van der Waals surface area contributed by atoms with Gasteiger partial charge in [0, 0.05) is 38.7 Å². The van der Waals surface area contributed by atoms with Crippen LogP contribution in [0.1, 0.15) is 24.0 Å². The fraction of sp³-hybridized carbons (Fsp3) is 0.375. The molecule has 0 bridgehead atoms. The first-order valence-electron chi connectivity index (χ1n) is 11.6. The van der Waals surface area contributed by atoms with Crippen LogP contribution in [0.15, 0.2) is 52.4 Å². The standard InChI is InChI=1S/C22H26Cl2N4O3S.C2HF3O2/c1-28(32(30,31)19-5-2-4-18(23)21(19)24)15-3-6-20(29)25-12-11-16-7-9-17(10-8-16)22-26-13-14-27-22;3-2(4,5)1(6)7/h2,4-5,7-10H,3,6,11-15H2,1H3,(H,25,29)(H,26,27);(H,6,7). The number of aliphatic carboxylic acids is 1. The van der Waals surface area contributed by atoms with Crippen molar-refractivity contribution in [1.82, 2.24) is 14.9 Å². The summed E-state index contributed by atoms with van der Waals surface area (Å²) in [7, 11) is -2.32. The van der Waals surface area contributed by atoms with Crippen LogP contribution in [0.25, 0.3) is 0 Å². The molecule has 9 nitrogen and oxygen atoms in total. The Labute approximate surface area is 234 Å². The van der Waals surface area contributed by atoms with Gasteiger partial charge in [-0.05, 0) is 30.5 Å². The van der Waals surface area contributed by atoms with E-state index in [4.69, 9.17) is 33.1 Å². The summed E-state index contributed by atoms with van der Waals surface area (Å²) in [5, 5.41) is 13.4. The van der Waals surface area contributed by atoms with Gasteiger partial charge in [-0.1, -0.05) is 53.5 Å². The van der Waals surface area contributed by atoms with Crippen molar-refractivity contribution in [3.63, 3.8) is 0 Å². The van der Waals surface area contributed by atoms with Gasteiger partial charge in [-0.15, -0.1) is 0 Å². The molecule has 1 aliphatic rings. The van der Waals surface area contributed by atoms with E-state index in [0.29, 0.717) is 19.4 Å². The molecule has 214 valence electrons. The Morgan fingerprint density at radius 1 is 1.15 bits per heavy atom. The van der Waals surface area contributed by atoms with Crippen molar-refractivity contribution < 1.29 is 36.3 Å². The molecule has 1 heterocycles. The number of carbonyl (C=O) groups excluding carboxylic acids is 1. The van der Waals surface area contributed by atoms with Gasteiger partial charge >= 0.3 is 12.1 Å². The molecule has 0 radical (unpaired) electrons. The highest BCUT2D eigenvalue weighted by Gasteiger charge is 2.38. The van der Waals surface area contributed by atoms with E-state index < -0.39 is 22.2 Å². The molecule has 3 N–H and O–H groups in total. The average molecular weight is 611 g/mol. The number of hydrogen-bond acceptors (Lipinski definition) is 6. The lowest BCUT2D eigenvalue weighted by Gasteiger charge is -2.18. The molecule has 0 saturated carbocycles. The van der Waals surface area contributed by atoms with Crippen LogP contribution in [-0.4, -0.2) is 74.9 Å². The summed E-state index contributed by atoms with van der Waals surface area (Å²) in [6.07, 6.45) is -3.75. The van der Waals surface area contributed by atoms with Crippen molar-refractivity contribution in [2.75, 3.05) is 33.2 Å². The molecular formula is C24H27Cl2F3N4O5S. The van der Waals surface area contributed by atoms with E-state index in [1.807, 2.05) is 24.3 Å². The topological polar surface area (TPSA) is 128 Å². The van der Waals surface area contributed by atoms with Gasteiger partial charge < -0.3 is 15.7 Å². The number of alkyl halides is 3. The van der Waals surface area contributed by atoms with E-state index in [0.717, 1.165) is 30.1 Å². The minimum atomic E-state index is -5.08. The molecule has 0 spiro atoms. The van der Waals surface area contributed by atoms with E-state index >= 15 is 0 Å². The van der Waals surface area contributed by atoms with Crippen molar-refractivity contribution in [3.8, 4) is 0 Å². The minimum absolute atomic E-state index is 0.000661. The van der Waals surface area contributed by atoms with Gasteiger partial charge in [0.05, 0.1) is 16.6 Å². The Hall–Kier alpha value is -2.87. The molecule has 0 aromatic heterocycles. The molecule has 0 saturated heterocycles. The summed E-state index contributed by atoms with van der Waals surface area (Å²) in [6.45, 7) is 2.39. The highest BCUT2D eigenvalue weighted by Crippen LogP contribution is 2.30. The molecule has 2 aromatic rings. The summed E-state index contributed by atoms with van der Waals surface area (Å²) < 4.78 is 58.3. The van der Waals surface area contributed by atoms with Crippen molar-refractivity contribution in [1.29, 1.82) is 0 Å². The van der Waals surface area contributed by atoms with Crippen molar-refractivity contribution in [3.05, 3.63) is 63.6 Å². The number of hydrogen-bond donors (Lipinski definition) is 3. The second-order valence-electron chi connectivity index (χ2n) is 8.24. The molecule has 0 fully saturated rings. The molecule has 39 heavy (non-hydrogen) atoms. The summed E-state index contributed by atoms with van der Waals surface area (Å²) in [5.41, 5.74) is 2.19. The minimum Gasteiger partial charge on any atom is -0.475 e. The molecular weight excluding hydrogens is 584 g/mol. The largest absolute Gasteiger partial charge is 0.490 e. The summed E-state index contributed by atoms with van der Waals surface area (Å²) in [5.74, 6) is -1.94. The van der Waals surface area contributed by atoms with E-state index in [2.05, 4.69) is 15.6 Å². The first kappa shape index (κ1) is 32.3. The van der Waals surface area contributed by atoms with Gasteiger partial charge in [-0.3, -0.25) is 9.79 Å². The lowest BCUT2D eigenvalue weighted by Crippen LogP contribution is -2.30. The number of aliphatic imine (C=N–C) groups is 1. The predicted molar refractivity (Wildman–Crippen MR) is 142 cm³/mol. The first-order chi connectivity index (χ1) is 18.2. The van der Waals surface area contributed by atoms with Crippen molar-refractivity contribution in [2.24, 2.45) is 4.99 Å². The smallest absolute Gasteiger partial charge is 0.475 e. The molecule has 0 unspecified atom stereocenters. The normalized spacial score (nSPS) is 13.3. The highest BCUT2D eigenvalue weighted by molar-refractivity contribution is 7.89. The molecule has 1 aliphatic heterocycles. The number of nitrogens with zero attached hydrogens (tertiary/aromatic N) is 2. The first-order valence-corrected chi connectivity index (χ1v) is 13.8. The van der Waals surface area contributed by atoms with Crippen LogP contribution in [0.4, 0.5) is 13.2 Å². The molecule has 1 amide bonds. The quantitative estimate of drug-likeness (QED) is 0.376. The zero-order valence-electron chi connectivity index (χ0n) is 20.8. The zero-order valence-corrected chi connectivity index (χ0v) is 23.1. The van der Waals surface area contributed by atoms with Gasteiger partial charge in [-0.2, -0.15) is 13.2 Å². The van der Waals surface area contributed by atoms with Crippen LogP contribution in [0.2, 0.25) is 10.0 Å². The second kappa shape index (κ2) is 14.5.